The molecule has 0 spiro atoms. The molecule has 0 aliphatic heterocycles. The third-order valence-electron chi connectivity index (χ3n) is 5.92. The molecule has 0 unspecified atom stereocenters. The minimum atomic E-state index is -0.352. The van der Waals surface area contributed by atoms with Crippen molar-refractivity contribution >= 4 is 22.7 Å². The smallest absolute Gasteiger partial charge is 0.269 e. The topological polar surface area (TPSA) is 60.4 Å². The monoisotopic (exact) mass is 421 g/mol. The van der Waals surface area contributed by atoms with Crippen LogP contribution in [0, 0.1) is 29.9 Å². The summed E-state index contributed by atoms with van der Waals surface area (Å²) in [5.41, 5.74) is 5.57. The number of benzene rings is 2. The fourth-order valence-electron chi connectivity index (χ4n) is 4.15. The van der Waals surface area contributed by atoms with Crippen LogP contribution in [-0.2, 0) is 6.54 Å². The summed E-state index contributed by atoms with van der Waals surface area (Å²) in [6.07, 6.45) is 6.44. The third-order valence-corrected chi connectivity index (χ3v) is 6.78. The second-order valence-electron chi connectivity index (χ2n) is 8.22. The summed E-state index contributed by atoms with van der Waals surface area (Å²) in [7, 11) is 0. The van der Waals surface area contributed by atoms with E-state index in [1.54, 1.807) is 23.5 Å². The standard InChI is InChI=1S/C24H27N3O2S/c1-17-8-9-18(2)22(14-17)25-24-26(15-19-6-4-3-5-7-19)23(16-30-24)20-10-12-21(13-11-20)27(28)29/h8-14,16,19H,3-7,15H2,1-2H3. The fourth-order valence-corrected chi connectivity index (χ4v) is 5.08. The van der Waals surface area contributed by atoms with E-state index in [4.69, 9.17) is 4.99 Å². The lowest BCUT2D eigenvalue weighted by Crippen LogP contribution is -2.22. The predicted octanol–water partition coefficient (Wildman–Crippen LogP) is 6.55. The Morgan fingerprint density at radius 1 is 1.10 bits per heavy atom. The number of thiazole rings is 1. The van der Waals surface area contributed by atoms with Crippen molar-refractivity contribution in [1.29, 1.82) is 0 Å². The summed E-state index contributed by atoms with van der Waals surface area (Å²) in [6, 6.07) is 13.2. The summed E-state index contributed by atoms with van der Waals surface area (Å²) in [6.45, 7) is 5.12. The van der Waals surface area contributed by atoms with Crippen LogP contribution >= 0.6 is 11.3 Å². The maximum Gasteiger partial charge on any atom is 0.269 e. The summed E-state index contributed by atoms with van der Waals surface area (Å²) in [5.74, 6) is 0.655. The van der Waals surface area contributed by atoms with E-state index in [0.29, 0.717) is 5.92 Å². The molecule has 1 aromatic heterocycles. The Bertz CT molecular complexity index is 1110. The van der Waals surface area contributed by atoms with Gasteiger partial charge in [-0.15, -0.1) is 11.3 Å². The van der Waals surface area contributed by atoms with E-state index < -0.39 is 0 Å². The molecule has 0 N–H and O–H groups in total. The van der Waals surface area contributed by atoms with Crippen LogP contribution in [0.1, 0.15) is 43.2 Å². The van der Waals surface area contributed by atoms with E-state index in [1.807, 2.05) is 12.1 Å². The number of rotatable bonds is 5. The van der Waals surface area contributed by atoms with Crippen molar-refractivity contribution in [2.75, 3.05) is 0 Å². The number of aromatic nitrogens is 1. The molecule has 6 heteroatoms. The van der Waals surface area contributed by atoms with Crippen LogP contribution in [0.25, 0.3) is 11.3 Å². The van der Waals surface area contributed by atoms with Gasteiger partial charge in [-0.3, -0.25) is 10.1 Å². The molecule has 1 aliphatic rings. The quantitative estimate of drug-likeness (QED) is 0.346. The molecule has 30 heavy (non-hydrogen) atoms. The van der Waals surface area contributed by atoms with Crippen molar-refractivity contribution in [1.82, 2.24) is 4.57 Å². The van der Waals surface area contributed by atoms with Crippen molar-refractivity contribution in [2.24, 2.45) is 10.9 Å². The Morgan fingerprint density at radius 3 is 2.53 bits per heavy atom. The van der Waals surface area contributed by atoms with Crippen LogP contribution in [0.2, 0.25) is 0 Å². The molecule has 0 radical (unpaired) electrons. The van der Waals surface area contributed by atoms with Crippen LogP contribution in [0.3, 0.4) is 0 Å². The summed E-state index contributed by atoms with van der Waals surface area (Å²) in [4.78, 5) is 16.7. The summed E-state index contributed by atoms with van der Waals surface area (Å²) >= 11 is 1.64. The van der Waals surface area contributed by atoms with Gasteiger partial charge in [0.05, 0.1) is 16.3 Å². The Labute approximate surface area is 180 Å². The van der Waals surface area contributed by atoms with Crippen molar-refractivity contribution in [3.63, 3.8) is 0 Å². The lowest BCUT2D eigenvalue weighted by atomic mass is 9.89. The molecule has 0 saturated heterocycles. The minimum absolute atomic E-state index is 0.119. The third kappa shape index (κ3) is 4.54. The molecular weight excluding hydrogens is 394 g/mol. The van der Waals surface area contributed by atoms with E-state index in [-0.39, 0.29) is 10.6 Å². The number of nitrogens with zero attached hydrogens (tertiary/aromatic N) is 3. The highest BCUT2D eigenvalue weighted by atomic mass is 32.1. The number of hydrogen-bond donors (Lipinski definition) is 0. The van der Waals surface area contributed by atoms with Crippen molar-refractivity contribution in [3.05, 3.63) is 73.9 Å². The summed E-state index contributed by atoms with van der Waals surface area (Å²) < 4.78 is 2.32. The Balaban J connectivity index is 1.79. The van der Waals surface area contributed by atoms with Crippen LogP contribution < -0.4 is 4.80 Å². The van der Waals surface area contributed by atoms with E-state index in [9.17, 15) is 10.1 Å². The highest BCUT2D eigenvalue weighted by Crippen LogP contribution is 2.29. The van der Waals surface area contributed by atoms with Crippen LogP contribution in [0.5, 0.6) is 0 Å². The van der Waals surface area contributed by atoms with Crippen molar-refractivity contribution in [2.45, 2.75) is 52.5 Å². The average molecular weight is 422 g/mol. The number of hydrogen-bond acceptors (Lipinski definition) is 4. The van der Waals surface area contributed by atoms with Gasteiger partial charge in [-0.05, 0) is 67.5 Å². The molecule has 2 aromatic carbocycles. The number of nitro benzene ring substituents is 1. The fraction of sp³-hybridized carbons (Fsp3) is 0.375. The van der Waals surface area contributed by atoms with E-state index >= 15 is 0 Å². The number of non-ortho nitro benzene ring substituents is 1. The first-order valence-electron chi connectivity index (χ1n) is 10.6. The van der Waals surface area contributed by atoms with Gasteiger partial charge < -0.3 is 4.57 Å². The van der Waals surface area contributed by atoms with Gasteiger partial charge in [0.25, 0.3) is 5.69 Å². The molecule has 0 amide bonds. The van der Waals surface area contributed by atoms with Gasteiger partial charge in [0.2, 0.25) is 0 Å². The van der Waals surface area contributed by atoms with Gasteiger partial charge in [-0.1, -0.05) is 31.4 Å². The lowest BCUT2D eigenvalue weighted by Gasteiger charge is -2.23. The van der Waals surface area contributed by atoms with Gasteiger partial charge in [0.1, 0.15) is 0 Å². The Kier molecular flexibility index (Phi) is 6.13. The second kappa shape index (κ2) is 8.96. The van der Waals surface area contributed by atoms with Crippen LogP contribution in [-0.4, -0.2) is 9.49 Å². The second-order valence-corrected chi connectivity index (χ2v) is 9.06. The Hall–Kier alpha value is -2.73. The highest BCUT2D eigenvalue weighted by molar-refractivity contribution is 7.07. The van der Waals surface area contributed by atoms with Crippen LogP contribution in [0.4, 0.5) is 11.4 Å². The molecule has 1 saturated carbocycles. The van der Waals surface area contributed by atoms with Crippen molar-refractivity contribution in [3.8, 4) is 11.3 Å². The maximum absolute atomic E-state index is 11.0. The first kappa shape index (κ1) is 20.5. The normalized spacial score (nSPS) is 15.5. The van der Waals surface area contributed by atoms with Gasteiger partial charge >= 0.3 is 0 Å². The maximum atomic E-state index is 11.0. The highest BCUT2D eigenvalue weighted by Gasteiger charge is 2.18. The van der Waals surface area contributed by atoms with Gasteiger partial charge in [0.15, 0.2) is 4.80 Å². The molecule has 0 bridgehead atoms. The molecule has 3 aromatic rings. The molecule has 1 aliphatic carbocycles. The molecule has 1 fully saturated rings. The van der Waals surface area contributed by atoms with E-state index in [0.717, 1.165) is 33.9 Å². The molecule has 5 nitrogen and oxygen atoms in total. The number of aryl methyl sites for hydroxylation is 2. The van der Waals surface area contributed by atoms with Crippen LogP contribution in [0.15, 0.2) is 52.8 Å². The van der Waals surface area contributed by atoms with Gasteiger partial charge in [-0.2, -0.15) is 0 Å². The first-order valence-corrected chi connectivity index (χ1v) is 11.4. The summed E-state index contributed by atoms with van der Waals surface area (Å²) in [5, 5.41) is 13.2. The zero-order valence-electron chi connectivity index (χ0n) is 17.5. The Morgan fingerprint density at radius 2 is 1.83 bits per heavy atom. The van der Waals surface area contributed by atoms with Gasteiger partial charge in [0, 0.05) is 24.1 Å². The average Bonchev–Trinajstić information content (AvgIpc) is 3.13. The van der Waals surface area contributed by atoms with E-state index in [2.05, 4.69) is 42.0 Å². The predicted molar refractivity (Wildman–Crippen MR) is 122 cm³/mol. The molecule has 0 atom stereocenters. The minimum Gasteiger partial charge on any atom is -0.316 e. The first-order chi connectivity index (χ1) is 14.5. The zero-order valence-corrected chi connectivity index (χ0v) is 18.3. The molecular formula is C24H27N3O2S. The lowest BCUT2D eigenvalue weighted by molar-refractivity contribution is -0.384. The largest absolute Gasteiger partial charge is 0.316 e. The molecule has 1 heterocycles. The SMILES string of the molecule is Cc1ccc(C)c(N=c2scc(-c3ccc([N+](=O)[O-])cc3)n2CC2CCCCC2)c1. The number of nitro groups is 1. The molecule has 4 rings (SSSR count). The van der Waals surface area contributed by atoms with E-state index in [1.165, 1.54) is 37.7 Å². The van der Waals surface area contributed by atoms with Gasteiger partial charge in [-0.25, -0.2) is 4.99 Å². The zero-order chi connectivity index (χ0) is 21.1. The van der Waals surface area contributed by atoms with Crippen molar-refractivity contribution < 1.29 is 4.92 Å². The molecule has 156 valence electrons.